The number of anilines is 1. The van der Waals surface area contributed by atoms with Gasteiger partial charge in [0.05, 0.1) is 11.3 Å². The number of amides is 1. The first-order valence-corrected chi connectivity index (χ1v) is 8.51. The molecule has 0 saturated carbocycles. The molecule has 3 aromatic carbocycles. The number of alkyl halides is 3. The van der Waals surface area contributed by atoms with Crippen molar-refractivity contribution in [3.63, 3.8) is 0 Å². The maximum absolute atomic E-state index is 13.1. The number of fused-ring (bicyclic) bond motifs is 1. The summed E-state index contributed by atoms with van der Waals surface area (Å²) in [5.41, 5.74) is -1.17. The van der Waals surface area contributed by atoms with E-state index < -0.39 is 23.8 Å². The van der Waals surface area contributed by atoms with Crippen molar-refractivity contribution in [1.29, 1.82) is 0 Å². The summed E-state index contributed by atoms with van der Waals surface area (Å²) in [4.78, 5) is 12.5. The molecule has 0 spiro atoms. The molecule has 1 unspecified atom stereocenters. The van der Waals surface area contributed by atoms with Gasteiger partial charge >= 0.3 is 6.18 Å². The van der Waals surface area contributed by atoms with Crippen LogP contribution in [-0.4, -0.2) is 12.0 Å². The average Bonchev–Trinajstić information content (AvgIpc) is 2.65. The second kappa shape index (κ2) is 7.70. The van der Waals surface area contributed by atoms with Crippen LogP contribution in [0.2, 0.25) is 0 Å². The molecule has 0 saturated heterocycles. The third kappa shape index (κ3) is 4.39. The Bertz CT molecular complexity index is 953. The lowest BCUT2D eigenvalue weighted by molar-refractivity contribution is -0.137. The molecule has 0 aromatic heterocycles. The predicted molar refractivity (Wildman–Crippen MR) is 98.7 cm³/mol. The summed E-state index contributed by atoms with van der Waals surface area (Å²) >= 11 is 0. The van der Waals surface area contributed by atoms with Gasteiger partial charge in [-0.25, -0.2) is 0 Å². The van der Waals surface area contributed by atoms with Gasteiger partial charge in [0.25, 0.3) is 5.91 Å². The maximum Gasteiger partial charge on any atom is 0.418 e. The van der Waals surface area contributed by atoms with Crippen LogP contribution in [0.3, 0.4) is 0 Å². The first-order valence-electron chi connectivity index (χ1n) is 8.51. The Labute approximate surface area is 154 Å². The lowest BCUT2D eigenvalue weighted by atomic mass is 10.1. The molecule has 3 nitrogen and oxygen atoms in total. The third-order valence-electron chi connectivity index (χ3n) is 4.15. The number of rotatable bonds is 5. The highest BCUT2D eigenvalue weighted by molar-refractivity contribution is 5.95. The zero-order chi connectivity index (χ0) is 19.4. The maximum atomic E-state index is 13.1. The highest BCUT2D eigenvalue weighted by atomic mass is 19.4. The second-order valence-corrected chi connectivity index (χ2v) is 6.06. The van der Waals surface area contributed by atoms with Gasteiger partial charge in [0, 0.05) is 0 Å². The Kier molecular flexibility index (Phi) is 5.35. The van der Waals surface area contributed by atoms with Gasteiger partial charge in [-0.1, -0.05) is 49.4 Å². The Morgan fingerprint density at radius 3 is 2.37 bits per heavy atom. The summed E-state index contributed by atoms with van der Waals surface area (Å²) in [5, 5.41) is 4.32. The minimum atomic E-state index is -4.55. The molecule has 1 amide bonds. The van der Waals surface area contributed by atoms with Gasteiger partial charge in [-0.3, -0.25) is 4.79 Å². The van der Waals surface area contributed by atoms with Crippen molar-refractivity contribution >= 4 is 22.4 Å². The zero-order valence-electron chi connectivity index (χ0n) is 14.6. The smallest absolute Gasteiger partial charge is 0.418 e. The van der Waals surface area contributed by atoms with E-state index in [4.69, 9.17) is 4.74 Å². The molecular weight excluding hydrogens is 355 g/mol. The molecule has 140 valence electrons. The number of para-hydroxylation sites is 1. The number of carbonyl (C=O) groups excluding carboxylic acids is 1. The Morgan fingerprint density at radius 1 is 1.00 bits per heavy atom. The number of nitrogens with one attached hydrogen (secondary N) is 1. The number of ether oxygens (including phenoxy) is 1. The number of benzene rings is 3. The fraction of sp³-hybridized carbons (Fsp3) is 0.190. The number of hydrogen-bond acceptors (Lipinski definition) is 2. The van der Waals surface area contributed by atoms with E-state index in [1.54, 1.807) is 19.1 Å². The van der Waals surface area contributed by atoms with Gasteiger partial charge in [-0.2, -0.15) is 13.2 Å². The molecule has 3 aromatic rings. The van der Waals surface area contributed by atoms with Crippen molar-refractivity contribution < 1.29 is 22.7 Å². The lowest BCUT2D eigenvalue weighted by Gasteiger charge is -2.19. The van der Waals surface area contributed by atoms with Crippen molar-refractivity contribution in [1.82, 2.24) is 0 Å². The van der Waals surface area contributed by atoms with Crippen LogP contribution in [0.25, 0.3) is 10.8 Å². The van der Waals surface area contributed by atoms with Crippen molar-refractivity contribution in [2.45, 2.75) is 25.6 Å². The molecule has 0 fully saturated rings. The van der Waals surface area contributed by atoms with Crippen LogP contribution in [0.15, 0.2) is 66.7 Å². The van der Waals surface area contributed by atoms with E-state index in [9.17, 15) is 18.0 Å². The van der Waals surface area contributed by atoms with E-state index in [1.165, 1.54) is 18.2 Å². The van der Waals surface area contributed by atoms with Crippen LogP contribution in [0.1, 0.15) is 18.9 Å². The summed E-state index contributed by atoms with van der Waals surface area (Å²) in [7, 11) is 0. The van der Waals surface area contributed by atoms with E-state index in [2.05, 4.69) is 5.32 Å². The molecule has 0 bridgehead atoms. The summed E-state index contributed by atoms with van der Waals surface area (Å²) in [6.45, 7) is 1.74. The highest BCUT2D eigenvalue weighted by Gasteiger charge is 2.34. The minimum Gasteiger partial charge on any atom is -0.481 e. The molecule has 1 atom stereocenters. The van der Waals surface area contributed by atoms with E-state index >= 15 is 0 Å². The fourth-order valence-electron chi connectivity index (χ4n) is 2.78. The number of hydrogen-bond donors (Lipinski definition) is 1. The molecule has 6 heteroatoms. The number of carbonyl (C=O) groups is 1. The zero-order valence-corrected chi connectivity index (χ0v) is 14.6. The number of halogens is 3. The first-order chi connectivity index (χ1) is 12.9. The van der Waals surface area contributed by atoms with Crippen molar-refractivity contribution in [3.05, 3.63) is 72.3 Å². The van der Waals surface area contributed by atoms with Crippen molar-refractivity contribution in [2.24, 2.45) is 0 Å². The largest absolute Gasteiger partial charge is 0.481 e. The van der Waals surface area contributed by atoms with Crippen LogP contribution in [-0.2, 0) is 11.0 Å². The van der Waals surface area contributed by atoms with E-state index in [1.807, 2.05) is 30.3 Å². The van der Waals surface area contributed by atoms with Crippen LogP contribution in [0.5, 0.6) is 5.75 Å². The van der Waals surface area contributed by atoms with Crippen LogP contribution in [0, 0.1) is 0 Å². The van der Waals surface area contributed by atoms with Crippen LogP contribution < -0.4 is 10.1 Å². The minimum absolute atomic E-state index is 0.282. The molecule has 27 heavy (non-hydrogen) atoms. The first kappa shape index (κ1) is 18.8. The standard InChI is InChI=1S/C21H18F3NO2/c1-2-19(27-16-12-11-14-7-3-4-8-15(14)13-16)20(26)25-18-10-6-5-9-17(18)21(22,23)24/h3-13,19H,2H2,1H3,(H,25,26). The fourth-order valence-corrected chi connectivity index (χ4v) is 2.78. The topological polar surface area (TPSA) is 38.3 Å². The monoisotopic (exact) mass is 373 g/mol. The SMILES string of the molecule is CCC(Oc1ccc2ccccc2c1)C(=O)Nc1ccccc1C(F)(F)F. The Hall–Kier alpha value is -3.02. The van der Waals surface area contributed by atoms with Crippen LogP contribution >= 0.6 is 0 Å². The summed E-state index contributed by atoms with van der Waals surface area (Å²) < 4.78 is 45.0. The summed E-state index contributed by atoms with van der Waals surface area (Å²) in [6.07, 6.45) is -5.15. The van der Waals surface area contributed by atoms with Gasteiger partial charge < -0.3 is 10.1 Å². The summed E-state index contributed by atoms with van der Waals surface area (Å²) in [6, 6.07) is 18.0. The van der Waals surface area contributed by atoms with Crippen molar-refractivity contribution in [2.75, 3.05) is 5.32 Å². The molecule has 0 aliphatic heterocycles. The third-order valence-corrected chi connectivity index (χ3v) is 4.15. The second-order valence-electron chi connectivity index (χ2n) is 6.06. The van der Waals surface area contributed by atoms with E-state index in [-0.39, 0.29) is 5.69 Å². The Balaban J connectivity index is 1.78. The van der Waals surface area contributed by atoms with E-state index in [0.717, 1.165) is 16.8 Å². The van der Waals surface area contributed by atoms with Gasteiger partial charge in [0.15, 0.2) is 6.10 Å². The van der Waals surface area contributed by atoms with Crippen molar-refractivity contribution in [3.8, 4) is 5.75 Å². The average molecular weight is 373 g/mol. The van der Waals surface area contributed by atoms with Gasteiger partial charge in [0.1, 0.15) is 5.75 Å². The predicted octanol–water partition coefficient (Wildman–Crippen LogP) is 5.65. The van der Waals surface area contributed by atoms with Crippen LogP contribution in [0.4, 0.5) is 18.9 Å². The van der Waals surface area contributed by atoms with Gasteiger partial charge in [-0.05, 0) is 41.5 Å². The molecule has 1 N–H and O–H groups in total. The molecule has 0 radical (unpaired) electrons. The molecule has 0 heterocycles. The van der Waals surface area contributed by atoms with Gasteiger partial charge in [-0.15, -0.1) is 0 Å². The lowest BCUT2D eigenvalue weighted by Crippen LogP contribution is -2.33. The quantitative estimate of drug-likeness (QED) is 0.627. The molecule has 3 rings (SSSR count). The molecular formula is C21H18F3NO2. The van der Waals surface area contributed by atoms with E-state index in [0.29, 0.717) is 12.2 Å². The van der Waals surface area contributed by atoms with Gasteiger partial charge in [0.2, 0.25) is 0 Å². The normalized spacial score (nSPS) is 12.6. The Morgan fingerprint density at radius 2 is 1.67 bits per heavy atom. The molecule has 0 aliphatic rings. The summed E-state index contributed by atoms with van der Waals surface area (Å²) in [5.74, 6) is -0.137. The highest BCUT2D eigenvalue weighted by Crippen LogP contribution is 2.34. The molecule has 0 aliphatic carbocycles.